The maximum atomic E-state index is 10.3. The van der Waals surface area contributed by atoms with Crippen molar-refractivity contribution in [2.24, 2.45) is 0 Å². The van der Waals surface area contributed by atoms with E-state index in [2.05, 4.69) is 0 Å². The minimum atomic E-state index is -1.29. The normalized spacial score (nSPS) is 8.29. The Morgan fingerprint density at radius 2 is 1.43 bits per heavy atom. The molecule has 0 aliphatic heterocycles. The average molecular weight is 224 g/mol. The third kappa shape index (κ3) is 2.68. The van der Waals surface area contributed by atoms with Crippen LogP contribution in [0.4, 0.5) is 0 Å². The summed E-state index contributed by atoms with van der Waals surface area (Å²) in [5.41, 5.74) is -0.289. The Labute approximate surface area is 85.4 Å². The van der Waals surface area contributed by atoms with Gasteiger partial charge in [0.15, 0.2) is 17.2 Å². The summed E-state index contributed by atoms with van der Waals surface area (Å²) in [6.07, 6.45) is 0. The highest BCUT2D eigenvalue weighted by Crippen LogP contribution is 2.35. The molecule has 0 aliphatic carbocycles. The van der Waals surface area contributed by atoms with Crippen LogP contribution in [0.15, 0.2) is 12.1 Å². The molecular formula is C7H10ClNO5. The zero-order valence-corrected chi connectivity index (χ0v) is 7.78. The maximum Gasteiger partial charge on any atom is 0.335 e. The van der Waals surface area contributed by atoms with Gasteiger partial charge >= 0.3 is 5.97 Å². The largest absolute Gasteiger partial charge is 0.504 e. The molecule has 1 aromatic rings. The molecule has 14 heavy (non-hydrogen) atoms. The summed E-state index contributed by atoms with van der Waals surface area (Å²) in [6, 6.07) is 1.69. The van der Waals surface area contributed by atoms with E-state index in [0.717, 1.165) is 12.1 Å². The molecule has 0 amide bonds. The summed E-state index contributed by atoms with van der Waals surface area (Å²) in [6.45, 7) is 0. The van der Waals surface area contributed by atoms with Crippen molar-refractivity contribution in [1.29, 1.82) is 0 Å². The number of halogens is 1. The molecule has 0 radical (unpaired) electrons. The van der Waals surface area contributed by atoms with E-state index in [9.17, 15) is 4.79 Å². The molecule has 0 bridgehead atoms. The molecule has 0 aliphatic rings. The highest BCUT2D eigenvalue weighted by Gasteiger charge is 2.11. The Morgan fingerprint density at radius 3 is 1.71 bits per heavy atom. The molecule has 6 nitrogen and oxygen atoms in total. The van der Waals surface area contributed by atoms with Crippen LogP contribution in [-0.4, -0.2) is 26.4 Å². The smallest absolute Gasteiger partial charge is 0.335 e. The van der Waals surface area contributed by atoms with Crippen LogP contribution in [0.2, 0.25) is 0 Å². The van der Waals surface area contributed by atoms with E-state index in [1.165, 1.54) is 0 Å². The SMILES string of the molecule is Cl.N.O=C(O)c1cc(O)c(O)c(O)c1. The summed E-state index contributed by atoms with van der Waals surface area (Å²) >= 11 is 0. The zero-order chi connectivity index (χ0) is 9.30. The molecule has 0 heterocycles. The Kier molecular flexibility index (Phi) is 5.46. The van der Waals surface area contributed by atoms with Crippen LogP contribution in [0, 0.1) is 0 Å². The van der Waals surface area contributed by atoms with Crippen LogP contribution in [0.3, 0.4) is 0 Å². The van der Waals surface area contributed by atoms with E-state index in [1.807, 2.05) is 0 Å². The highest BCUT2D eigenvalue weighted by atomic mass is 35.5. The number of aromatic hydroxyl groups is 3. The molecule has 0 aromatic heterocycles. The molecule has 0 atom stereocenters. The summed E-state index contributed by atoms with van der Waals surface area (Å²) in [7, 11) is 0. The molecule has 80 valence electrons. The number of carbonyl (C=O) groups is 1. The highest BCUT2D eigenvalue weighted by molar-refractivity contribution is 5.89. The number of carboxylic acids is 1. The van der Waals surface area contributed by atoms with Gasteiger partial charge in [0, 0.05) is 0 Å². The molecule has 7 N–H and O–H groups in total. The van der Waals surface area contributed by atoms with Crippen LogP contribution < -0.4 is 6.15 Å². The van der Waals surface area contributed by atoms with Gasteiger partial charge in [-0.1, -0.05) is 0 Å². The molecule has 1 aromatic carbocycles. The predicted octanol–water partition coefficient (Wildman–Crippen LogP) is 1.09. The number of benzene rings is 1. The van der Waals surface area contributed by atoms with Gasteiger partial charge in [0.25, 0.3) is 0 Å². The summed E-state index contributed by atoms with van der Waals surface area (Å²) in [4.78, 5) is 10.3. The van der Waals surface area contributed by atoms with Crippen molar-refractivity contribution in [2.75, 3.05) is 0 Å². The van der Waals surface area contributed by atoms with Crippen molar-refractivity contribution >= 4 is 18.4 Å². The van der Waals surface area contributed by atoms with E-state index in [4.69, 9.17) is 20.4 Å². The van der Waals surface area contributed by atoms with Gasteiger partial charge in [-0.3, -0.25) is 0 Å². The molecule has 0 unspecified atom stereocenters. The summed E-state index contributed by atoms with van der Waals surface area (Å²) in [5.74, 6) is -3.33. The summed E-state index contributed by atoms with van der Waals surface area (Å²) in [5, 5.41) is 35.0. The second-order valence-corrected chi connectivity index (χ2v) is 2.17. The molecule has 1 rings (SSSR count). The lowest BCUT2D eigenvalue weighted by Gasteiger charge is -2.01. The second kappa shape index (κ2) is 5.15. The van der Waals surface area contributed by atoms with Crippen molar-refractivity contribution in [3.05, 3.63) is 17.7 Å². The minimum Gasteiger partial charge on any atom is -0.504 e. The molecule has 0 saturated heterocycles. The molecule has 0 saturated carbocycles. The first-order valence-corrected chi connectivity index (χ1v) is 3.00. The van der Waals surface area contributed by atoms with E-state index < -0.39 is 23.2 Å². The number of rotatable bonds is 1. The third-order valence-electron chi connectivity index (χ3n) is 1.32. The van der Waals surface area contributed by atoms with Crippen molar-refractivity contribution in [2.45, 2.75) is 0 Å². The van der Waals surface area contributed by atoms with E-state index >= 15 is 0 Å². The lowest BCUT2D eigenvalue weighted by Crippen LogP contribution is -1.95. The Balaban J connectivity index is 0. The first-order chi connectivity index (χ1) is 5.52. The van der Waals surface area contributed by atoms with Crippen LogP contribution in [0.5, 0.6) is 17.2 Å². The number of hydrogen-bond donors (Lipinski definition) is 5. The lowest BCUT2D eigenvalue weighted by atomic mass is 10.2. The molecule has 0 spiro atoms. The quantitative estimate of drug-likeness (QED) is 0.453. The second-order valence-electron chi connectivity index (χ2n) is 2.17. The topological polar surface area (TPSA) is 133 Å². The average Bonchev–Trinajstić information content (AvgIpc) is 1.99. The van der Waals surface area contributed by atoms with Crippen molar-refractivity contribution < 1.29 is 25.2 Å². The number of phenolic OH excluding ortho intramolecular Hbond substituents is 3. The Morgan fingerprint density at radius 1 is 1.07 bits per heavy atom. The van der Waals surface area contributed by atoms with Crippen LogP contribution in [0.25, 0.3) is 0 Å². The van der Waals surface area contributed by atoms with E-state index in [0.29, 0.717) is 0 Å². The van der Waals surface area contributed by atoms with Crippen molar-refractivity contribution in [3.63, 3.8) is 0 Å². The molecular weight excluding hydrogens is 214 g/mol. The number of aromatic carboxylic acids is 1. The van der Waals surface area contributed by atoms with Crippen LogP contribution in [-0.2, 0) is 0 Å². The van der Waals surface area contributed by atoms with Gasteiger partial charge in [-0.05, 0) is 12.1 Å². The Bertz CT molecular complexity index is 318. The summed E-state index contributed by atoms with van der Waals surface area (Å²) < 4.78 is 0. The molecule has 7 heteroatoms. The van der Waals surface area contributed by atoms with Crippen LogP contribution in [0.1, 0.15) is 10.4 Å². The fourth-order valence-electron chi connectivity index (χ4n) is 0.728. The fraction of sp³-hybridized carbons (Fsp3) is 0. The van der Waals surface area contributed by atoms with E-state index in [-0.39, 0.29) is 24.1 Å². The number of hydrogen-bond acceptors (Lipinski definition) is 5. The first kappa shape index (κ1) is 14.8. The van der Waals surface area contributed by atoms with Crippen molar-refractivity contribution in [3.8, 4) is 17.2 Å². The van der Waals surface area contributed by atoms with Crippen molar-refractivity contribution in [1.82, 2.24) is 6.15 Å². The third-order valence-corrected chi connectivity index (χ3v) is 1.32. The zero-order valence-electron chi connectivity index (χ0n) is 6.97. The van der Waals surface area contributed by atoms with Gasteiger partial charge in [0.1, 0.15) is 0 Å². The minimum absolute atomic E-state index is 0. The fourth-order valence-corrected chi connectivity index (χ4v) is 0.728. The van der Waals surface area contributed by atoms with Gasteiger partial charge in [-0.2, -0.15) is 0 Å². The van der Waals surface area contributed by atoms with Gasteiger partial charge in [0.05, 0.1) is 5.56 Å². The standard InChI is InChI=1S/C7H6O5.ClH.H3N/c8-4-1-3(7(11)12)2-5(9)6(4)10;;/h1-2,8-10H,(H,11,12);1H;1H3. The van der Waals surface area contributed by atoms with Crippen LogP contribution >= 0.6 is 12.4 Å². The van der Waals surface area contributed by atoms with E-state index in [1.54, 1.807) is 0 Å². The lowest BCUT2D eigenvalue weighted by molar-refractivity contribution is 0.0696. The van der Waals surface area contributed by atoms with Gasteiger partial charge in [0.2, 0.25) is 0 Å². The van der Waals surface area contributed by atoms with Gasteiger partial charge in [-0.25, -0.2) is 4.79 Å². The maximum absolute atomic E-state index is 10.3. The monoisotopic (exact) mass is 223 g/mol. The van der Waals surface area contributed by atoms with Gasteiger partial charge in [-0.15, -0.1) is 12.4 Å². The van der Waals surface area contributed by atoms with Gasteiger partial charge < -0.3 is 26.6 Å². The first-order valence-electron chi connectivity index (χ1n) is 3.00. The Hall–Kier alpha value is -1.66. The predicted molar refractivity (Wildman–Crippen MR) is 50.7 cm³/mol. The molecule has 0 fully saturated rings. The number of carboxylic acid groups (broad SMARTS) is 1. The number of phenols is 3.